The summed E-state index contributed by atoms with van der Waals surface area (Å²) in [5.74, 6) is 0. The largest absolute Gasteiger partial charge is 0.453 e. The van der Waals surface area contributed by atoms with Gasteiger partial charge in [-0.1, -0.05) is 0 Å². The standard InChI is InChI=1S/C7H8N2O2S/c10-5-11-7(12)1-6-2-8-4-9-3-6/h2-5,7,12H,1H2. The second-order valence-corrected chi connectivity index (χ2v) is 2.71. The van der Waals surface area contributed by atoms with Crippen molar-refractivity contribution < 1.29 is 9.53 Å². The van der Waals surface area contributed by atoms with Crippen molar-refractivity contribution in [3.05, 3.63) is 24.3 Å². The van der Waals surface area contributed by atoms with Crippen LogP contribution in [0.25, 0.3) is 0 Å². The number of hydrogen-bond acceptors (Lipinski definition) is 5. The maximum absolute atomic E-state index is 9.90. The van der Waals surface area contributed by atoms with Crippen LogP contribution in [-0.2, 0) is 16.0 Å². The third-order valence-corrected chi connectivity index (χ3v) is 1.54. The lowest BCUT2D eigenvalue weighted by Crippen LogP contribution is -2.07. The lowest BCUT2D eigenvalue weighted by atomic mass is 10.2. The number of carbonyl (C=O) groups is 1. The third-order valence-electron chi connectivity index (χ3n) is 1.24. The normalized spacial score (nSPS) is 12.1. The average molecular weight is 184 g/mol. The van der Waals surface area contributed by atoms with Crippen molar-refractivity contribution in [1.29, 1.82) is 0 Å². The summed E-state index contributed by atoms with van der Waals surface area (Å²) in [7, 11) is 0. The second kappa shape index (κ2) is 4.71. The van der Waals surface area contributed by atoms with Crippen molar-refractivity contribution in [1.82, 2.24) is 9.97 Å². The van der Waals surface area contributed by atoms with Crippen LogP contribution < -0.4 is 0 Å². The molecule has 0 N–H and O–H groups in total. The number of ether oxygens (including phenoxy) is 1. The minimum atomic E-state index is -0.423. The molecular formula is C7H8N2O2S. The molecule has 0 bridgehead atoms. The predicted molar refractivity (Wildman–Crippen MR) is 45.7 cm³/mol. The Bertz CT molecular complexity index is 242. The van der Waals surface area contributed by atoms with E-state index >= 15 is 0 Å². The molecule has 5 heteroatoms. The van der Waals surface area contributed by atoms with Crippen molar-refractivity contribution >= 4 is 19.1 Å². The van der Waals surface area contributed by atoms with Crippen molar-refractivity contribution in [2.75, 3.05) is 0 Å². The fourth-order valence-corrected chi connectivity index (χ4v) is 1.01. The Kier molecular flexibility index (Phi) is 3.53. The summed E-state index contributed by atoms with van der Waals surface area (Å²) in [4.78, 5) is 17.5. The van der Waals surface area contributed by atoms with E-state index in [9.17, 15) is 4.79 Å². The van der Waals surface area contributed by atoms with Crippen molar-refractivity contribution in [2.45, 2.75) is 11.9 Å². The first kappa shape index (κ1) is 8.99. The first-order valence-electron chi connectivity index (χ1n) is 3.34. The fraction of sp³-hybridized carbons (Fsp3) is 0.286. The quantitative estimate of drug-likeness (QED) is 0.419. The van der Waals surface area contributed by atoms with Crippen LogP contribution in [0.5, 0.6) is 0 Å². The lowest BCUT2D eigenvalue weighted by Gasteiger charge is -2.06. The average Bonchev–Trinajstić information content (AvgIpc) is 2.06. The van der Waals surface area contributed by atoms with Gasteiger partial charge >= 0.3 is 0 Å². The minimum absolute atomic E-state index is 0.376. The molecule has 1 aromatic heterocycles. The van der Waals surface area contributed by atoms with Gasteiger partial charge < -0.3 is 4.74 Å². The summed E-state index contributed by atoms with van der Waals surface area (Å²) >= 11 is 4.01. The van der Waals surface area contributed by atoms with Gasteiger partial charge in [-0.15, -0.1) is 12.6 Å². The monoisotopic (exact) mass is 184 g/mol. The third kappa shape index (κ3) is 2.87. The molecule has 12 heavy (non-hydrogen) atoms. The van der Waals surface area contributed by atoms with E-state index < -0.39 is 5.44 Å². The summed E-state index contributed by atoms with van der Waals surface area (Å²) in [6.45, 7) is 0.376. The maximum Gasteiger partial charge on any atom is 0.294 e. The van der Waals surface area contributed by atoms with Gasteiger partial charge in [-0.25, -0.2) is 9.97 Å². The van der Waals surface area contributed by atoms with Crippen LogP contribution >= 0.6 is 12.6 Å². The Morgan fingerprint density at radius 3 is 2.83 bits per heavy atom. The second-order valence-electron chi connectivity index (χ2n) is 2.14. The minimum Gasteiger partial charge on any atom is -0.453 e. The van der Waals surface area contributed by atoms with Gasteiger partial charge in [0.05, 0.1) is 0 Å². The van der Waals surface area contributed by atoms with Crippen LogP contribution in [0.3, 0.4) is 0 Å². The van der Waals surface area contributed by atoms with Gasteiger partial charge in [0, 0.05) is 18.8 Å². The van der Waals surface area contributed by atoms with E-state index in [1.54, 1.807) is 12.4 Å². The number of rotatable bonds is 4. The molecule has 0 aliphatic carbocycles. The van der Waals surface area contributed by atoms with Crippen molar-refractivity contribution in [2.24, 2.45) is 0 Å². The predicted octanol–water partition coefficient (Wildman–Crippen LogP) is 0.448. The van der Waals surface area contributed by atoms with Gasteiger partial charge in [0.25, 0.3) is 6.47 Å². The Balaban J connectivity index is 2.46. The number of nitrogens with zero attached hydrogens (tertiary/aromatic N) is 2. The molecule has 0 aliphatic rings. The van der Waals surface area contributed by atoms with Crippen molar-refractivity contribution in [3.8, 4) is 0 Å². The van der Waals surface area contributed by atoms with Gasteiger partial charge in [0.1, 0.15) is 11.8 Å². The van der Waals surface area contributed by atoms with E-state index in [-0.39, 0.29) is 0 Å². The van der Waals surface area contributed by atoms with Gasteiger partial charge in [-0.2, -0.15) is 0 Å². The molecule has 0 spiro atoms. The molecule has 1 rings (SSSR count). The zero-order valence-corrected chi connectivity index (χ0v) is 7.15. The Morgan fingerprint density at radius 1 is 1.58 bits per heavy atom. The van der Waals surface area contributed by atoms with Crippen LogP contribution in [-0.4, -0.2) is 21.9 Å². The molecule has 1 unspecified atom stereocenters. The number of carbonyl (C=O) groups excluding carboxylic acids is 1. The summed E-state index contributed by atoms with van der Waals surface area (Å²) in [6, 6.07) is 0. The first-order chi connectivity index (χ1) is 5.83. The van der Waals surface area contributed by atoms with E-state index in [0.717, 1.165) is 5.56 Å². The highest BCUT2D eigenvalue weighted by atomic mass is 32.1. The summed E-state index contributed by atoms with van der Waals surface area (Å²) in [5, 5.41) is 0. The molecule has 1 aromatic rings. The number of aromatic nitrogens is 2. The van der Waals surface area contributed by atoms with E-state index in [1.165, 1.54) is 6.33 Å². The van der Waals surface area contributed by atoms with E-state index in [2.05, 4.69) is 27.3 Å². The van der Waals surface area contributed by atoms with Crippen LogP contribution in [0.1, 0.15) is 5.56 Å². The molecule has 0 saturated carbocycles. The smallest absolute Gasteiger partial charge is 0.294 e. The Labute approximate surface area is 75.4 Å². The highest BCUT2D eigenvalue weighted by molar-refractivity contribution is 7.80. The number of hydrogen-bond donors (Lipinski definition) is 1. The topological polar surface area (TPSA) is 52.1 Å². The molecule has 4 nitrogen and oxygen atoms in total. The summed E-state index contributed by atoms with van der Waals surface area (Å²) in [6.07, 6.45) is 5.27. The van der Waals surface area contributed by atoms with Crippen LogP contribution in [0.2, 0.25) is 0 Å². The zero-order valence-electron chi connectivity index (χ0n) is 6.25. The van der Waals surface area contributed by atoms with Gasteiger partial charge in [0.2, 0.25) is 0 Å². The number of thiol groups is 1. The van der Waals surface area contributed by atoms with E-state index in [0.29, 0.717) is 12.9 Å². The summed E-state index contributed by atoms with van der Waals surface area (Å²) in [5.41, 5.74) is 0.466. The van der Waals surface area contributed by atoms with Crippen LogP contribution in [0, 0.1) is 0 Å². The zero-order chi connectivity index (χ0) is 8.81. The molecule has 64 valence electrons. The molecule has 1 atom stereocenters. The molecule has 1 heterocycles. The van der Waals surface area contributed by atoms with Gasteiger partial charge in [-0.3, -0.25) is 4.79 Å². The van der Waals surface area contributed by atoms with E-state index in [4.69, 9.17) is 0 Å². The Morgan fingerprint density at radius 2 is 2.25 bits per heavy atom. The fourth-order valence-electron chi connectivity index (χ4n) is 0.749. The molecular weight excluding hydrogens is 176 g/mol. The van der Waals surface area contributed by atoms with E-state index in [1.807, 2.05) is 0 Å². The molecule has 0 fully saturated rings. The van der Waals surface area contributed by atoms with Crippen molar-refractivity contribution in [3.63, 3.8) is 0 Å². The summed E-state index contributed by atoms with van der Waals surface area (Å²) < 4.78 is 4.57. The molecule has 0 aromatic carbocycles. The first-order valence-corrected chi connectivity index (χ1v) is 3.85. The van der Waals surface area contributed by atoms with Crippen LogP contribution in [0.4, 0.5) is 0 Å². The van der Waals surface area contributed by atoms with Crippen LogP contribution in [0.15, 0.2) is 18.7 Å². The molecule has 0 amide bonds. The molecule has 0 saturated heterocycles. The van der Waals surface area contributed by atoms with Gasteiger partial charge in [-0.05, 0) is 5.56 Å². The maximum atomic E-state index is 9.90. The molecule has 0 aliphatic heterocycles. The SMILES string of the molecule is O=COC(S)Cc1cncnc1. The van der Waals surface area contributed by atoms with Gasteiger partial charge in [0.15, 0.2) is 0 Å². The Hall–Kier alpha value is -1.10. The lowest BCUT2D eigenvalue weighted by molar-refractivity contribution is -0.129. The highest BCUT2D eigenvalue weighted by Gasteiger charge is 2.03. The highest BCUT2D eigenvalue weighted by Crippen LogP contribution is 2.05. The molecule has 0 radical (unpaired) electrons.